The van der Waals surface area contributed by atoms with Gasteiger partial charge in [0.05, 0.1) is 31.3 Å². The molecule has 0 saturated carbocycles. The smallest absolute Gasteiger partial charge is 0.317 e. The number of carboxylic acid groups (broad SMARTS) is 1. The maximum Gasteiger partial charge on any atom is 0.317 e. The van der Waals surface area contributed by atoms with Crippen LogP contribution in [0.4, 0.5) is 4.39 Å². The first kappa shape index (κ1) is 18.8. The molecule has 0 aliphatic carbocycles. The van der Waals surface area contributed by atoms with Gasteiger partial charge in [-0.2, -0.15) is 0 Å². The van der Waals surface area contributed by atoms with Crippen molar-refractivity contribution >= 4 is 17.0 Å². The van der Waals surface area contributed by atoms with Crippen molar-refractivity contribution in [3.05, 3.63) is 29.8 Å². The Morgan fingerprint density at radius 1 is 1.50 bits per heavy atom. The fraction of sp³-hybridized carbons (Fsp3) is 0.556. The molecule has 2 heterocycles. The number of hydrogen-bond donors (Lipinski definition) is 1. The molecule has 3 rings (SSSR count). The molecule has 7 nitrogen and oxygen atoms in total. The minimum Gasteiger partial charge on any atom is -0.480 e. The number of carbonyl (C=O) groups is 1. The van der Waals surface area contributed by atoms with Crippen LogP contribution < -0.4 is 0 Å². The molecule has 1 aromatic heterocycles. The van der Waals surface area contributed by atoms with Crippen LogP contribution in [-0.2, 0) is 22.6 Å². The lowest BCUT2D eigenvalue weighted by Crippen LogP contribution is -2.47. The number of likely N-dealkylation sites (N-methyl/N-ethyl adjacent to an activating group) is 1. The van der Waals surface area contributed by atoms with Gasteiger partial charge in [0.1, 0.15) is 11.3 Å². The third kappa shape index (κ3) is 4.20. The molecule has 1 unspecified atom stereocenters. The quantitative estimate of drug-likeness (QED) is 0.801. The zero-order chi connectivity index (χ0) is 18.7. The molecular formula is C18H25FN4O3. The van der Waals surface area contributed by atoms with Crippen LogP contribution in [0.15, 0.2) is 18.2 Å². The molecule has 142 valence electrons. The fourth-order valence-electron chi connectivity index (χ4n) is 3.51. The van der Waals surface area contributed by atoms with Gasteiger partial charge in [-0.05, 0) is 26.1 Å². The predicted octanol–water partition coefficient (Wildman–Crippen LogP) is 1.41. The van der Waals surface area contributed by atoms with Crippen LogP contribution in [0.1, 0.15) is 12.7 Å². The summed E-state index contributed by atoms with van der Waals surface area (Å²) >= 11 is 0. The second-order valence-electron chi connectivity index (χ2n) is 6.70. The minimum absolute atomic E-state index is 0.00916. The standard InChI is InChI=1S/C18H25FN4O3/c1-3-23-15-6-4-5-14(19)18(15)20-16(23)11-22-7-8-26-13(10-22)9-21(2)12-17(24)25/h4-6,13H,3,7-12H2,1-2H3,(H,24,25). The number of fused-ring (bicyclic) bond motifs is 1. The number of benzene rings is 1. The summed E-state index contributed by atoms with van der Waals surface area (Å²) in [5.74, 6) is -0.308. The first-order valence-electron chi connectivity index (χ1n) is 8.85. The summed E-state index contributed by atoms with van der Waals surface area (Å²) in [4.78, 5) is 19.3. The second kappa shape index (κ2) is 8.11. The molecular weight excluding hydrogens is 339 g/mol. The number of halogens is 1. The van der Waals surface area contributed by atoms with Crippen LogP contribution in [-0.4, -0.2) is 76.4 Å². The molecule has 1 atom stereocenters. The molecule has 8 heteroatoms. The number of carboxylic acids is 1. The Morgan fingerprint density at radius 2 is 2.31 bits per heavy atom. The highest BCUT2D eigenvalue weighted by Gasteiger charge is 2.24. The maximum absolute atomic E-state index is 14.0. The number of aliphatic carboxylic acids is 1. The Hall–Kier alpha value is -2.03. The third-order valence-electron chi connectivity index (χ3n) is 4.63. The summed E-state index contributed by atoms with van der Waals surface area (Å²) in [6, 6.07) is 5.03. The summed E-state index contributed by atoms with van der Waals surface area (Å²) in [5.41, 5.74) is 1.23. The lowest BCUT2D eigenvalue weighted by atomic mass is 10.2. The van der Waals surface area contributed by atoms with E-state index in [1.807, 2.05) is 17.6 Å². The molecule has 1 aliphatic rings. The molecule has 1 N–H and O–H groups in total. The van der Waals surface area contributed by atoms with Gasteiger partial charge in [-0.1, -0.05) is 6.07 Å². The van der Waals surface area contributed by atoms with Crippen molar-refractivity contribution in [1.82, 2.24) is 19.4 Å². The third-order valence-corrected chi connectivity index (χ3v) is 4.63. The van der Waals surface area contributed by atoms with Crippen LogP contribution in [0.3, 0.4) is 0 Å². The summed E-state index contributed by atoms with van der Waals surface area (Å²) in [7, 11) is 1.77. The Kier molecular flexibility index (Phi) is 5.85. The second-order valence-corrected chi connectivity index (χ2v) is 6.70. The van der Waals surface area contributed by atoms with Crippen LogP contribution in [0.25, 0.3) is 11.0 Å². The van der Waals surface area contributed by atoms with E-state index in [0.717, 1.165) is 24.4 Å². The topological polar surface area (TPSA) is 70.8 Å². The van der Waals surface area contributed by atoms with E-state index in [1.54, 1.807) is 18.0 Å². The van der Waals surface area contributed by atoms with Crippen LogP contribution in [0, 0.1) is 5.82 Å². The van der Waals surface area contributed by atoms with Crippen LogP contribution in [0.2, 0.25) is 0 Å². The van der Waals surface area contributed by atoms with E-state index >= 15 is 0 Å². The average Bonchev–Trinajstić information content (AvgIpc) is 2.93. The molecule has 26 heavy (non-hydrogen) atoms. The fourth-order valence-corrected chi connectivity index (χ4v) is 3.51. The number of imidazole rings is 1. The van der Waals surface area contributed by atoms with E-state index in [4.69, 9.17) is 9.84 Å². The van der Waals surface area contributed by atoms with Crippen molar-refractivity contribution in [2.75, 3.05) is 39.8 Å². The van der Waals surface area contributed by atoms with Gasteiger partial charge in [-0.3, -0.25) is 14.6 Å². The Bertz CT molecular complexity index is 779. The first-order chi connectivity index (χ1) is 12.5. The summed E-state index contributed by atoms with van der Waals surface area (Å²) in [5, 5.41) is 8.87. The predicted molar refractivity (Wildman–Crippen MR) is 95.5 cm³/mol. The Balaban J connectivity index is 1.69. The van der Waals surface area contributed by atoms with Gasteiger partial charge in [-0.15, -0.1) is 0 Å². The lowest BCUT2D eigenvalue weighted by Gasteiger charge is -2.34. The first-order valence-corrected chi connectivity index (χ1v) is 8.85. The lowest BCUT2D eigenvalue weighted by molar-refractivity contribution is -0.138. The minimum atomic E-state index is -0.848. The van der Waals surface area contributed by atoms with Gasteiger partial charge in [0.2, 0.25) is 0 Å². The zero-order valence-corrected chi connectivity index (χ0v) is 15.2. The van der Waals surface area contributed by atoms with Crippen LogP contribution >= 0.6 is 0 Å². The van der Waals surface area contributed by atoms with Crippen molar-refractivity contribution in [2.45, 2.75) is 26.1 Å². The van der Waals surface area contributed by atoms with Gasteiger partial charge >= 0.3 is 5.97 Å². The van der Waals surface area contributed by atoms with E-state index in [9.17, 15) is 9.18 Å². The average molecular weight is 364 g/mol. The van der Waals surface area contributed by atoms with Crippen molar-refractivity contribution in [3.8, 4) is 0 Å². The normalized spacial score (nSPS) is 18.7. The van der Waals surface area contributed by atoms with E-state index in [1.165, 1.54) is 6.07 Å². The van der Waals surface area contributed by atoms with Gasteiger partial charge < -0.3 is 14.4 Å². The molecule has 0 radical (unpaired) electrons. The van der Waals surface area contributed by atoms with E-state index in [2.05, 4.69) is 9.88 Å². The number of aromatic nitrogens is 2. The number of para-hydroxylation sites is 1. The molecule has 1 saturated heterocycles. The largest absolute Gasteiger partial charge is 0.480 e. The number of rotatable bonds is 7. The monoisotopic (exact) mass is 364 g/mol. The molecule has 1 aliphatic heterocycles. The summed E-state index contributed by atoms with van der Waals surface area (Å²) in [6.07, 6.45) is -0.0516. The highest BCUT2D eigenvalue weighted by atomic mass is 19.1. The molecule has 0 spiro atoms. The number of hydrogen-bond acceptors (Lipinski definition) is 5. The summed E-state index contributed by atoms with van der Waals surface area (Å²) < 4.78 is 21.9. The Morgan fingerprint density at radius 3 is 3.04 bits per heavy atom. The van der Waals surface area contributed by atoms with Gasteiger partial charge in [-0.25, -0.2) is 9.37 Å². The van der Waals surface area contributed by atoms with Crippen molar-refractivity contribution in [3.63, 3.8) is 0 Å². The molecule has 0 amide bonds. The summed E-state index contributed by atoms with van der Waals surface area (Å²) in [6.45, 7) is 5.97. The Labute approximate surface area is 152 Å². The highest BCUT2D eigenvalue weighted by Crippen LogP contribution is 2.21. The van der Waals surface area contributed by atoms with E-state index in [0.29, 0.717) is 31.8 Å². The van der Waals surface area contributed by atoms with Gasteiger partial charge in [0.25, 0.3) is 0 Å². The number of nitrogens with zero attached hydrogens (tertiary/aromatic N) is 4. The highest BCUT2D eigenvalue weighted by molar-refractivity contribution is 5.76. The zero-order valence-electron chi connectivity index (χ0n) is 15.2. The van der Waals surface area contributed by atoms with Crippen molar-refractivity contribution in [2.24, 2.45) is 0 Å². The SMILES string of the molecule is CCn1c(CN2CCOC(CN(C)CC(=O)O)C2)nc2c(F)cccc21. The van der Waals surface area contributed by atoms with E-state index < -0.39 is 5.97 Å². The number of ether oxygens (including phenoxy) is 1. The number of aryl methyl sites for hydroxylation is 1. The van der Waals surface area contributed by atoms with E-state index in [-0.39, 0.29) is 18.5 Å². The van der Waals surface area contributed by atoms with Gasteiger partial charge in [0.15, 0.2) is 5.82 Å². The van der Waals surface area contributed by atoms with Crippen molar-refractivity contribution < 1.29 is 19.0 Å². The maximum atomic E-state index is 14.0. The molecule has 1 aromatic carbocycles. The number of morpholine rings is 1. The van der Waals surface area contributed by atoms with Crippen molar-refractivity contribution in [1.29, 1.82) is 0 Å². The van der Waals surface area contributed by atoms with Gasteiger partial charge in [0, 0.05) is 26.2 Å². The molecule has 1 fully saturated rings. The molecule has 2 aromatic rings. The van der Waals surface area contributed by atoms with Crippen LogP contribution in [0.5, 0.6) is 0 Å². The molecule has 0 bridgehead atoms.